The zero-order valence-electron chi connectivity index (χ0n) is 11.4. The van der Waals surface area contributed by atoms with Gasteiger partial charge in [0.15, 0.2) is 0 Å². The van der Waals surface area contributed by atoms with Crippen molar-refractivity contribution in [3.63, 3.8) is 0 Å². The van der Waals surface area contributed by atoms with Gasteiger partial charge in [0.2, 0.25) is 0 Å². The fourth-order valence-corrected chi connectivity index (χ4v) is 1.74. The van der Waals surface area contributed by atoms with Crippen LogP contribution in [0.5, 0.6) is 0 Å². The van der Waals surface area contributed by atoms with Crippen molar-refractivity contribution in [3.05, 3.63) is 11.4 Å². The van der Waals surface area contributed by atoms with Crippen LogP contribution in [0.4, 0.5) is 10.5 Å². The molecule has 19 heavy (non-hydrogen) atoms. The molecule has 1 atom stereocenters. The number of amides is 2. The molecule has 0 saturated carbocycles. The zero-order valence-corrected chi connectivity index (χ0v) is 11.4. The van der Waals surface area contributed by atoms with Crippen molar-refractivity contribution in [2.24, 2.45) is 0 Å². The van der Waals surface area contributed by atoms with Gasteiger partial charge in [-0.05, 0) is 33.6 Å². The van der Waals surface area contributed by atoms with Gasteiger partial charge in [-0.2, -0.15) is 5.10 Å². The molecule has 0 bridgehead atoms. The molecule has 0 aromatic carbocycles. The van der Waals surface area contributed by atoms with Crippen molar-refractivity contribution >= 4 is 17.7 Å². The van der Waals surface area contributed by atoms with Crippen LogP contribution in [0, 0.1) is 13.8 Å². The Balaban J connectivity index is 2.37. The van der Waals surface area contributed by atoms with Gasteiger partial charge in [0.25, 0.3) is 0 Å². The molecule has 0 radical (unpaired) electrons. The number of anilines is 1. The number of carbonyl (C=O) groups excluding carboxylic acids is 1. The smallest absolute Gasteiger partial charge is 0.319 e. The number of carbonyl (C=O) groups is 2. The van der Waals surface area contributed by atoms with Crippen molar-refractivity contribution in [3.8, 4) is 0 Å². The lowest BCUT2D eigenvalue weighted by molar-refractivity contribution is -0.137. The highest BCUT2D eigenvalue weighted by Gasteiger charge is 2.12. The molecule has 2 amide bonds. The number of H-pyrrole nitrogens is 1. The van der Waals surface area contributed by atoms with Gasteiger partial charge in [-0.15, -0.1) is 0 Å². The summed E-state index contributed by atoms with van der Waals surface area (Å²) < 4.78 is 0. The van der Waals surface area contributed by atoms with Crippen LogP contribution in [0.25, 0.3) is 0 Å². The van der Waals surface area contributed by atoms with Crippen molar-refractivity contribution in [2.45, 2.75) is 46.1 Å². The van der Waals surface area contributed by atoms with Crippen molar-refractivity contribution < 1.29 is 14.7 Å². The Hall–Kier alpha value is -2.05. The normalized spacial score (nSPS) is 11.9. The molecule has 7 nitrogen and oxygen atoms in total. The number of aliphatic carboxylic acids is 1. The van der Waals surface area contributed by atoms with Gasteiger partial charge in [-0.3, -0.25) is 9.89 Å². The van der Waals surface area contributed by atoms with Crippen molar-refractivity contribution in [2.75, 3.05) is 5.32 Å². The largest absolute Gasteiger partial charge is 0.481 e. The number of rotatable bonds is 6. The second kappa shape index (κ2) is 6.77. The van der Waals surface area contributed by atoms with Crippen LogP contribution >= 0.6 is 0 Å². The summed E-state index contributed by atoms with van der Waals surface area (Å²) in [6.07, 6.45) is 1.29. The Morgan fingerprint density at radius 3 is 2.63 bits per heavy atom. The zero-order chi connectivity index (χ0) is 14.4. The van der Waals surface area contributed by atoms with E-state index in [2.05, 4.69) is 20.8 Å². The van der Waals surface area contributed by atoms with Crippen LogP contribution in [-0.4, -0.2) is 33.3 Å². The fraction of sp³-hybridized carbons (Fsp3) is 0.583. The van der Waals surface area contributed by atoms with E-state index in [9.17, 15) is 9.59 Å². The van der Waals surface area contributed by atoms with Gasteiger partial charge in [-0.25, -0.2) is 4.79 Å². The number of hydrogen-bond acceptors (Lipinski definition) is 3. The third-order valence-electron chi connectivity index (χ3n) is 2.77. The number of carboxylic acid groups (broad SMARTS) is 1. The maximum Gasteiger partial charge on any atom is 0.319 e. The lowest BCUT2D eigenvalue weighted by Crippen LogP contribution is -2.36. The molecular formula is C12H20N4O3. The van der Waals surface area contributed by atoms with E-state index in [1.807, 2.05) is 13.8 Å². The van der Waals surface area contributed by atoms with E-state index in [1.54, 1.807) is 6.92 Å². The van der Waals surface area contributed by atoms with Gasteiger partial charge in [-0.1, -0.05) is 0 Å². The maximum atomic E-state index is 11.7. The third-order valence-corrected chi connectivity index (χ3v) is 2.77. The second-order valence-electron chi connectivity index (χ2n) is 4.59. The molecule has 1 rings (SSSR count). The summed E-state index contributed by atoms with van der Waals surface area (Å²) in [7, 11) is 0. The summed E-state index contributed by atoms with van der Waals surface area (Å²) in [5.41, 5.74) is 2.20. The first kappa shape index (κ1) is 15.0. The predicted octanol–water partition coefficient (Wildman–Crippen LogP) is 1.79. The first-order valence-electron chi connectivity index (χ1n) is 6.21. The molecule has 0 aliphatic rings. The van der Waals surface area contributed by atoms with Crippen LogP contribution in [-0.2, 0) is 4.79 Å². The summed E-state index contributed by atoms with van der Waals surface area (Å²) in [4.78, 5) is 22.1. The van der Waals surface area contributed by atoms with E-state index in [0.717, 1.165) is 11.4 Å². The molecule has 0 aliphatic carbocycles. The lowest BCUT2D eigenvalue weighted by Gasteiger charge is -2.14. The highest BCUT2D eigenvalue weighted by Crippen LogP contribution is 2.15. The van der Waals surface area contributed by atoms with Crippen molar-refractivity contribution in [1.29, 1.82) is 0 Å². The number of hydrogen-bond donors (Lipinski definition) is 4. The van der Waals surface area contributed by atoms with E-state index in [-0.39, 0.29) is 18.5 Å². The quantitative estimate of drug-likeness (QED) is 0.631. The van der Waals surface area contributed by atoms with Gasteiger partial charge < -0.3 is 15.7 Å². The summed E-state index contributed by atoms with van der Waals surface area (Å²) in [5.74, 6) is -0.818. The van der Waals surface area contributed by atoms with Gasteiger partial charge in [0, 0.05) is 12.5 Å². The van der Waals surface area contributed by atoms with Crippen LogP contribution in [0.15, 0.2) is 0 Å². The molecule has 0 spiro atoms. The van der Waals surface area contributed by atoms with Gasteiger partial charge in [0.1, 0.15) is 0 Å². The molecule has 7 heteroatoms. The average molecular weight is 268 g/mol. The standard InChI is InChI=1S/C12H20N4O3/c1-7(5-4-6-10(17)18)13-12(19)14-11-8(2)15-16-9(11)3/h7H,4-6H2,1-3H3,(H,15,16)(H,17,18)(H2,13,14,19). The number of nitrogens with zero attached hydrogens (tertiary/aromatic N) is 1. The first-order chi connectivity index (χ1) is 8.90. The third kappa shape index (κ3) is 4.99. The number of nitrogens with one attached hydrogen (secondary N) is 3. The summed E-state index contributed by atoms with van der Waals surface area (Å²) >= 11 is 0. The predicted molar refractivity (Wildman–Crippen MR) is 71.2 cm³/mol. The minimum atomic E-state index is -0.818. The minimum Gasteiger partial charge on any atom is -0.481 e. The second-order valence-corrected chi connectivity index (χ2v) is 4.59. The summed E-state index contributed by atoms with van der Waals surface area (Å²) in [5, 5.41) is 20.8. The molecule has 1 aromatic heterocycles. The molecule has 0 saturated heterocycles. The number of carboxylic acids is 1. The number of urea groups is 1. The summed E-state index contributed by atoms with van der Waals surface area (Å²) in [6, 6.07) is -0.387. The first-order valence-corrected chi connectivity index (χ1v) is 6.21. The molecule has 106 valence electrons. The van der Waals surface area contributed by atoms with E-state index in [1.165, 1.54) is 0 Å². The van der Waals surface area contributed by atoms with E-state index in [0.29, 0.717) is 18.5 Å². The summed E-state index contributed by atoms with van der Waals surface area (Å²) in [6.45, 7) is 5.47. The van der Waals surface area contributed by atoms with Crippen LogP contribution < -0.4 is 10.6 Å². The van der Waals surface area contributed by atoms with Crippen molar-refractivity contribution in [1.82, 2.24) is 15.5 Å². The molecular weight excluding hydrogens is 248 g/mol. The Kier molecular flexibility index (Phi) is 5.35. The molecule has 4 N–H and O–H groups in total. The maximum absolute atomic E-state index is 11.7. The highest BCUT2D eigenvalue weighted by atomic mass is 16.4. The molecule has 0 aliphatic heterocycles. The molecule has 1 aromatic rings. The van der Waals surface area contributed by atoms with Gasteiger partial charge >= 0.3 is 12.0 Å². The molecule has 1 heterocycles. The Morgan fingerprint density at radius 2 is 2.11 bits per heavy atom. The van der Waals surface area contributed by atoms with E-state index in [4.69, 9.17) is 5.11 Å². The average Bonchev–Trinajstić information content (AvgIpc) is 2.60. The fourth-order valence-electron chi connectivity index (χ4n) is 1.74. The monoisotopic (exact) mass is 268 g/mol. The van der Waals surface area contributed by atoms with E-state index >= 15 is 0 Å². The lowest BCUT2D eigenvalue weighted by atomic mass is 10.1. The topological polar surface area (TPSA) is 107 Å². The highest BCUT2D eigenvalue weighted by molar-refractivity contribution is 5.90. The Morgan fingerprint density at radius 1 is 1.42 bits per heavy atom. The van der Waals surface area contributed by atoms with Crippen LogP contribution in [0.1, 0.15) is 37.6 Å². The number of aromatic nitrogens is 2. The molecule has 1 unspecified atom stereocenters. The Bertz CT molecular complexity index is 436. The Labute approximate surface area is 111 Å². The van der Waals surface area contributed by atoms with E-state index < -0.39 is 5.97 Å². The van der Waals surface area contributed by atoms with Crippen LogP contribution in [0.2, 0.25) is 0 Å². The van der Waals surface area contributed by atoms with Gasteiger partial charge in [0.05, 0.1) is 17.1 Å². The molecule has 0 fully saturated rings. The SMILES string of the molecule is Cc1n[nH]c(C)c1NC(=O)NC(C)CCCC(=O)O. The van der Waals surface area contributed by atoms with Crippen LogP contribution in [0.3, 0.4) is 0 Å². The number of aromatic amines is 1. The number of aryl methyl sites for hydroxylation is 2. The minimum absolute atomic E-state index is 0.0770.